The van der Waals surface area contributed by atoms with Gasteiger partial charge in [-0.1, -0.05) is 26.7 Å². The molecule has 0 saturated heterocycles. The second-order valence-corrected chi connectivity index (χ2v) is 5.52. The Kier molecular flexibility index (Phi) is 5.40. The topological polar surface area (TPSA) is 58.6 Å². The van der Waals surface area contributed by atoms with Gasteiger partial charge >= 0.3 is 5.97 Å². The highest BCUT2D eigenvalue weighted by Gasteiger charge is 2.32. The summed E-state index contributed by atoms with van der Waals surface area (Å²) in [6.45, 7) is 4.63. The lowest BCUT2D eigenvalue weighted by Gasteiger charge is -2.26. The van der Waals surface area contributed by atoms with Crippen molar-refractivity contribution in [2.75, 3.05) is 13.7 Å². The molecule has 4 heteroatoms. The number of methoxy groups -OCH3 is 1. The largest absolute Gasteiger partial charge is 0.468 e. The average molecular weight is 243 g/mol. The number of ether oxygens (including phenoxy) is 1. The minimum absolute atomic E-state index is 0.236. The van der Waals surface area contributed by atoms with Gasteiger partial charge in [-0.3, -0.25) is 4.79 Å². The maximum absolute atomic E-state index is 11.6. The number of hydrogen-bond acceptors (Lipinski definition) is 4. The average Bonchev–Trinajstić information content (AvgIpc) is 2.70. The molecule has 0 aromatic carbocycles. The van der Waals surface area contributed by atoms with Gasteiger partial charge in [-0.25, -0.2) is 0 Å². The molecule has 0 spiro atoms. The Morgan fingerprint density at radius 2 is 2.00 bits per heavy atom. The van der Waals surface area contributed by atoms with Crippen LogP contribution in [0.4, 0.5) is 0 Å². The van der Waals surface area contributed by atoms with Crippen LogP contribution in [0.5, 0.6) is 0 Å². The molecular formula is C13H25NO3. The SMILES string of the molecule is COC(=O)C(CC(C)C)NCC1(O)CCCC1. The zero-order chi connectivity index (χ0) is 12.9. The van der Waals surface area contributed by atoms with Crippen LogP contribution in [0.15, 0.2) is 0 Å². The lowest BCUT2D eigenvalue weighted by atomic mass is 10.00. The summed E-state index contributed by atoms with van der Waals surface area (Å²) in [4.78, 5) is 11.6. The van der Waals surface area contributed by atoms with E-state index in [2.05, 4.69) is 19.2 Å². The lowest BCUT2D eigenvalue weighted by Crippen LogP contribution is -2.46. The second-order valence-electron chi connectivity index (χ2n) is 5.52. The minimum atomic E-state index is -0.622. The predicted molar refractivity (Wildman–Crippen MR) is 66.7 cm³/mol. The molecule has 100 valence electrons. The standard InChI is InChI=1S/C13H25NO3/c1-10(2)8-11(12(15)17-3)14-9-13(16)6-4-5-7-13/h10-11,14,16H,4-9H2,1-3H3. The van der Waals surface area contributed by atoms with E-state index in [1.165, 1.54) is 7.11 Å². The Bertz CT molecular complexity index is 247. The van der Waals surface area contributed by atoms with Gasteiger partial charge in [0.15, 0.2) is 0 Å². The third-order valence-corrected chi connectivity index (χ3v) is 3.40. The van der Waals surface area contributed by atoms with E-state index in [1.807, 2.05) is 0 Å². The Morgan fingerprint density at radius 1 is 1.41 bits per heavy atom. The molecule has 0 aromatic rings. The van der Waals surface area contributed by atoms with E-state index in [4.69, 9.17) is 4.74 Å². The lowest BCUT2D eigenvalue weighted by molar-refractivity contribution is -0.143. The van der Waals surface area contributed by atoms with Crippen molar-refractivity contribution in [3.63, 3.8) is 0 Å². The van der Waals surface area contributed by atoms with Gasteiger partial charge in [-0.15, -0.1) is 0 Å². The van der Waals surface area contributed by atoms with Crippen LogP contribution in [-0.4, -0.2) is 36.4 Å². The number of hydrogen-bond donors (Lipinski definition) is 2. The minimum Gasteiger partial charge on any atom is -0.468 e. The molecule has 1 aliphatic rings. The monoisotopic (exact) mass is 243 g/mol. The summed E-state index contributed by atoms with van der Waals surface area (Å²) in [5.41, 5.74) is -0.622. The molecule has 0 amide bonds. The summed E-state index contributed by atoms with van der Waals surface area (Å²) in [7, 11) is 1.40. The summed E-state index contributed by atoms with van der Waals surface area (Å²) in [6.07, 6.45) is 4.55. The van der Waals surface area contributed by atoms with Crippen LogP contribution in [0.1, 0.15) is 46.0 Å². The summed E-state index contributed by atoms with van der Waals surface area (Å²) in [6, 6.07) is -0.301. The maximum Gasteiger partial charge on any atom is 0.322 e. The van der Waals surface area contributed by atoms with Crippen molar-refractivity contribution in [1.82, 2.24) is 5.32 Å². The molecule has 2 N–H and O–H groups in total. The zero-order valence-corrected chi connectivity index (χ0v) is 11.2. The molecule has 1 atom stereocenters. The molecule has 1 saturated carbocycles. The molecule has 1 aliphatic carbocycles. The molecule has 0 bridgehead atoms. The highest BCUT2D eigenvalue weighted by atomic mass is 16.5. The first kappa shape index (κ1) is 14.5. The first-order chi connectivity index (χ1) is 7.97. The summed E-state index contributed by atoms with van der Waals surface area (Å²) < 4.78 is 4.78. The van der Waals surface area contributed by atoms with E-state index in [-0.39, 0.29) is 12.0 Å². The maximum atomic E-state index is 11.6. The summed E-state index contributed by atoms with van der Waals surface area (Å²) in [5, 5.41) is 13.4. The fraction of sp³-hybridized carbons (Fsp3) is 0.923. The van der Waals surface area contributed by atoms with E-state index in [1.54, 1.807) is 0 Å². The van der Waals surface area contributed by atoms with Crippen LogP contribution in [0.2, 0.25) is 0 Å². The highest BCUT2D eigenvalue weighted by Crippen LogP contribution is 2.28. The van der Waals surface area contributed by atoms with Gasteiger partial charge in [-0.05, 0) is 25.2 Å². The molecule has 0 aliphatic heterocycles. The molecule has 1 unspecified atom stereocenters. The fourth-order valence-corrected chi connectivity index (χ4v) is 2.40. The summed E-state index contributed by atoms with van der Waals surface area (Å²) in [5.74, 6) is 0.185. The molecular weight excluding hydrogens is 218 g/mol. The van der Waals surface area contributed by atoms with Crippen LogP contribution in [0.3, 0.4) is 0 Å². The van der Waals surface area contributed by atoms with Gasteiger partial charge in [0.25, 0.3) is 0 Å². The van der Waals surface area contributed by atoms with Crippen molar-refractivity contribution < 1.29 is 14.6 Å². The van der Waals surface area contributed by atoms with Crippen LogP contribution >= 0.6 is 0 Å². The first-order valence-electron chi connectivity index (χ1n) is 6.50. The van der Waals surface area contributed by atoms with E-state index in [9.17, 15) is 9.90 Å². The molecule has 1 rings (SSSR count). The third kappa shape index (κ3) is 4.64. The number of carbonyl (C=O) groups excluding carboxylic acids is 1. The number of rotatable bonds is 6. The van der Waals surface area contributed by atoms with Crippen molar-refractivity contribution in [2.24, 2.45) is 5.92 Å². The molecule has 0 aromatic heterocycles. The van der Waals surface area contributed by atoms with Crippen LogP contribution in [0, 0.1) is 5.92 Å². The van der Waals surface area contributed by atoms with Gasteiger partial charge in [0.1, 0.15) is 6.04 Å². The Hall–Kier alpha value is -0.610. The Labute approximate surface area is 104 Å². The van der Waals surface area contributed by atoms with E-state index in [0.717, 1.165) is 32.1 Å². The Morgan fingerprint density at radius 3 is 2.47 bits per heavy atom. The number of nitrogens with one attached hydrogen (secondary N) is 1. The van der Waals surface area contributed by atoms with Gasteiger partial charge in [-0.2, -0.15) is 0 Å². The smallest absolute Gasteiger partial charge is 0.322 e. The van der Waals surface area contributed by atoms with Crippen molar-refractivity contribution in [3.05, 3.63) is 0 Å². The molecule has 17 heavy (non-hydrogen) atoms. The predicted octanol–water partition coefficient (Wildman–Crippen LogP) is 1.47. The van der Waals surface area contributed by atoms with E-state index >= 15 is 0 Å². The molecule has 0 heterocycles. The third-order valence-electron chi connectivity index (χ3n) is 3.40. The van der Waals surface area contributed by atoms with Gasteiger partial charge < -0.3 is 15.2 Å². The molecule has 1 fully saturated rings. The first-order valence-corrected chi connectivity index (χ1v) is 6.50. The second kappa shape index (κ2) is 6.36. The molecule has 4 nitrogen and oxygen atoms in total. The van der Waals surface area contributed by atoms with E-state index in [0.29, 0.717) is 12.5 Å². The normalized spacial score (nSPS) is 20.5. The van der Waals surface area contributed by atoms with Crippen molar-refractivity contribution in [2.45, 2.75) is 57.6 Å². The van der Waals surface area contributed by atoms with Crippen LogP contribution in [0.25, 0.3) is 0 Å². The Balaban J connectivity index is 2.45. The van der Waals surface area contributed by atoms with Gasteiger partial charge in [0.2, 0.25) is 0 Å². The highest BCUT2D eigenvalue weighted by molar-refractivity contribution is 5.75. The number of carbonyl (C=O) groups is 1. The quantitative estimate of drug-likeness (QED) is 0.694. The zero-order valence-electron chi connectivity index (χ0n) is 11.2. The van der Waals surface area contributed by atoms with Crippen molar-refractivity contribution in [3.8, 4) is 0 Å². The fourth-order valence-electron chi connectivity index (χ4n) is 2.40. The van der Waals surface area contributed by atoms with Gasteiger partial charge in [0, 0.05) is 6.54 Å². The number of aliphatic hydroxyl groups is 1. The number of esters is 1. The van der Waals surface area contributed by atoms with Crippen molar-refractivity contribution in [1.29, 1.82) is 0 Å². The molecule has 0 radical (unpaired) electrons. The van der Waals surface area contributed by atoms with Crippen molar-refractivity contribution >= 4 is 5.97 Å². The van der Waals surface area contributed by atoms with E-state index < -0.39 is 5.60 Å². The van der Waals surface area contributed by atoms with Gasteiger partial charge in [0.05, 0.1) is 12.7 Å². The van der Waals surface area contributed by atoms with Crippen LogP contribution < -0.4 is 5.32 Å². The van der Waals surface area contributed by atoms with Crippen LogP contribution in [-0.2, 0) is 9.53 Å². The summed E-state index contributed by atoms with van der Waals surface area (Å²) >= 11 is 0.